The molecule has 0 saturated carbocycles. The minimum Gasteiger partial charge on any atom is -0.493 e. The van der Waals surface area contributed by atoms with Crippen molar-refractivity contribution < 1.29 is 19.0 Å². The smallest absolute Gasteiger partial charge is 0.227 e. The van der Waals surface area contributed by atoms with Crippen molar-refractivity contribution in [2.75, 3.05) is 47.5 Å². The maximum absolute atomic E-state index is 12.9. The summed E-state index contributed by atoms with van der Waals surface area (Å²) in [5, 5.41) is 8.85. The zero-order valence-corrected chi connectivity index (χ0v) is 19.3. The van der Waals surface area contributed by atoms with Crippen LogP contribution in [0.2, 0.25) is 0 Å². The molecule has 9 heteroatoms. The zero-order valence-electron chi connectivity index (χ0n) is 19.3. The highest BCUT2D eigenvalue weighted by molar-refractivity contribution is 5.79. The van der Waals surface area contributed by atoms with Crippen molar-refractivity contribution in [3.05, 3.63) is 29.3 Å². The predicted octanol–water partition coefficient (Wildman–Crippen LogP) is 1.92. The van der Waals surface area contributed by atoms with Crippen LogP contribution in [-0.4, -0.2) is 78.0 Å². The molecular weight excluding hydrogens is 410 g/mol. The summed E-state index contributed by atoms with van der Waals surface area (Å²) in [5.41, 5.74) is 0.845. The van der Waals surface area contributed by atoms with E-state index in [1.807, 2.05) is 17.0 Å². The summed E-state index contributed by atoms with van der Waals surface area (Å²) in [5.74, 6) is 3.94. The molecule has 3 heterocycles. The van der Waals surface area contributed by atoms with E-state index in [1.54, 1.807) is 21.3 Å². The van der Waals surface area contributed by atoms with Crippen LogP contribution in [0, 0.1) is 0 Å². The third-order valence-corrected chi connectivity index (χ3v) is 6.36. The maximum atomic E-state index is 12.9. The molecule has 1 aromatic carbocycles. The van der Waals surface area contributed by atoms with Crippen LogP contribution in [0.4, 0.5) is 0 Å². The summed E-state index contributed by atoms with van der Waals surface area (Å²) >= 11 is 0. The summed E-state index contributed by atoms with van der Waals surface area (Å²) in [6.07, 6.45) is 4.98. The van der Waals surface area contributed by atoms with Crippen LogP contribution in [-0.2, 0) is 30.7 Å². The Bertz CT molecular complexity index is 911. The molecule has 9 nitrogen and oxygen atoms in total. The lowest BCUT2D eigenvalue weighted by molar-refractivity contribution is -0.132. The summed E-state index contributed by atoms with van der Waals surface area (Å²) in [6.45, 7) is 4.91. The molecule has 0 bridgehead atoms. The number of carbonyl (C=O) groups is 1. The molecule has 0 N–H and O–H groups in total. The fraction of sp³-hybridized carbons (Fsp3) is 0.609. The second kappa shape index (κ2) is 10.2. The van der Waals surface area contributed by atoms with Gasteiger partial charge in [-0.25, -0.2) is 0 Å². The molecule has 4 rings (SSSR count). The average Bonchev–Trinajstić information content (AvgIpc) is 3.03. The van der Waals surface area contributed by atoms with Gasteiger partial charge in [0.1, 0.15) is 11.6 Å². The highest BCUT2D eigenvalue weighted by atomic mass is 16.5. The fourth-order valence-corrected chi connectivity index (χ4v) is 4.54. The Morgan fingerprint density at radius 2 is 1.62 bits per heavy atom. The third-order valence-electron chi connectivity index (χ3n) is 6.36. The number of hydrogen-bond donors (Lipinski definition) is 0. The lowest BCUT2D eigenvalue weighted by Crippen LogP contribution is -2.49. The van der Waals surface area contributed by atoms with E-state index >= 15 is 0 Å². The van der Waals surface area contributed by atoms with Crippen LogP contribution >= 0.6 is 0 Å². The molecule has 1 saturated heterocycles. The molecule has 0 spiro atoms. The van der Waals surface area contributed by atoms with Gasteiger partial charge < -0.3 is 23.7 Å². The number of carbonyl (C=O) groups excluding carboxylic acids is 1. The van der Waals surface area contributed by atoms with Crippen molar-refractivity contribution in [3.63, 3.8) is 0 Å². The van der Waals surface area contributed by atoms with Crippen LogP contribution in [0.1, 0.15) is 36.5 Å². The Balaban J connectivity index is 1.34. The van der Waals surface area contributed by atoms with Gasteiger partial charge in [0.15, 0.2) is 11.5 Å². The summed E-state index contributed by atoms with van der Waals surface area (Å²) in [7, 11) is 4.73. The molecule has 2 aromatic rings. The first-order valence-electron chi connectivity index (χ1n) is 11.3. The first kappa shape index (κ1) is 22.4. The Morgan fingerprint density at radius 3 is 2.28 bits per heavy atom. The van der Waals surface area contributed by atoms with Gasteiger partial charge in [0.25, 0.3) is 0 Å². The van der Waals surface area contributed by atoms with Crippen molar-refractivity contribution in [1.82, 2.24) is 24.6 Å². The number of ether oxygens (including phenoxy) is 3. The summed E-state index contributed by atoms with van der Waals surface area (Å²) in [6, 6.07) is 3.68. The molecular formula is C23H33N5O4. The number of rotatable bonds is 7. The quantitative estimate of drug-likeness (QED) is 0.647. The molecule has 32 heavy (non-hydrogen) atoms. The Hall–Kier alpha value is -2.81. The molecule has 0 unspecified atom stereocenters. The van der Waals surface area contributed by atoms with E-state index in [0.717, 1.165) is 49.8 Å². The van der Waals surface area contributed by atoms with E-state index in [-0.39, 0.29) is 5.91 Å². The second-order valence-electron chi connectivity index (χ2n) is 8.36. The lowest BCUT2D eigenvalue weighted by Gasteiger charge is -2.34. The minimum atomic E-state index is 0.107. The Kier molecular flexibility index (Phi) is 7.14. The van der Waals surface area contributed by atoms with E-state index in [9.17, 15) is 4.79 Å². The topological polar surface area (TPSA) is 82.0 Å². The van der Waals surface area contributed by atoms with Crippen molar-refractivity contribution in [3.8, 4) is 17.2 Å². The van der Waals surface area contributed by atoms with Crippen molar-refractivity contribution >= 4 is 5.91 Å². The second-order valence-corrected chi connectivity index (χ2v) is 8.36. The number of amides is 1. The minimum absolute atomic E-state index is 0.107. The number of methoxy groups -OCH3 is 3. The molecule has 0 radical (unpaired) electrons. The van der Waals surface area contributed by atoms with Gasteiger partial charge in [-0.05, 0) is 30.5 Å². The Labute approximate surface area is 189 Å². The molecule has 0 atom stereocenters. The third kappa shape index (κ3) is 4.82. The van der Waals surface area contributed by atoms with Gasteiger partial charge in [0.2, 0.25) is 11.7 Å². The molecule has 2 aliphatic heterocycles. The van der Waals surface area contributed by atoms with E-state index in [1.165, 1.54) is 19.3 Å². The Morgan fingerprint density at radius 1 is 0.906 bits per heavy atom. The summed E-state index contributed by atoms with van der Waals surface area (Å²) in [4.78, 5) is 17.2. The van der Waals surface area contributed by atoms with Crippen LogP contribution in [0.5, 0.6) is 17.2 Å². The van der Waals surface area contributed by atoms with Gasteiger partial charge in [-0.15, -0.1) is 10.2 Å². The van der Waals surface area contributed by atoms with E-state index in [4.69, 9.17) is 14.2 Å². The standard InChI is InChI=1S/C23H33N5O4/c1-30-18-13-17(14-19(31-2)23(18)32-3)15-22(29)27-11-9-26(10-12-27)16-21-25-24-20-7-5-4-6-8-28(20)21/h13-14H,4-12,15-16H2,1-3H3. The first-order chi connectivity index (χ1) is 15.6. The first-order valence-corrected chi connectivity index (χ1v) is 11.3. The van der Waals surface area contributed by atoms with Crippen LogP contribution < -0.4 is 14.2 Å². The van der Waals surface area contributed by atoms with Gasteiger partial charge in [0.05, 0.1) is 34.3 Å². The largest absolute Gasteiger partial charge is 0.493 e. The van der Waals surface area contributed by atoms with E-state index < -0.39 is 0 Å². The number of benzene rings is 1. The van der Waals surface area contributed by atoms with Crippen LogP contribution in [0.3, 0.4) is 0 Å². The van der Waals surface area contributed by atoms with Crippen molar-refractivity contribution in [1.29, 1.82) is 0 Å². The lowest BCUT2D eigenvalue weighted by atomic mass is 10.1. The highest BCUT2D eigenvalue weighted by Gasteiger charge is 2.24. The van der Waals surface area contributed by atoms with Gasteiger partial charge in [-0.1, -0.05) is 6.42 Å². The number of hydrogen-bond acceptors (Lipinski definition) is 7. The van der Waals surface area contributed by atoms with Crippen molar-refractivity contribution in [2.24, 2.45) is 0 Å². The van der Waals surface area contributed by atoms with Crippen LogP contribution in [0.25, 0.3) is 0 Å². The van der Waals surface area contributed by atoms with Gasteiger partial charge in [-0.3, -0.25) is 9.69 Å². The molecule has 174 valence electrons. The van der Waals surface area contributed by atoms with E-state index in [2.05, 4.69) is 19.7 Å². The zero-order chi connectivity index (χ0) is 22.5. The van der Waals surface area contributed by atoms with Crippen molar-refractivity contribution in [2.45, 2.75) is 45.2 Å². The molecule has 0 aliphatic carbocycles. The number of fused-ring (bicyclic) bond motifs is 1. The monoisotopic (exact) mass is 443 g/mol. The predicted molar refractivity (Wildman–Crippen MR) is 119 cm³/mol. The van der Waals surface area contributed by atoms with Gasteiger partial charge >= 0.3 is 0 Å². The van der Waals surface area contributed by atoms with E-state index in [0.29, 0.717) is 36.8 Å². The van der Waals surface area contributed by atoms with Crippen LogP contribution in [0.15, 0.2) is 12.1 Å². The molecule has 1 amide bonds. The molecule has 1 aromatic heterocycles. The fourth-order valence-electron chi connectivity index (χ4n) is 4.54. The summed E-state index contributed by atoms with van der Waals surface area (Å²) < 4.78 is 18.5. The SMILES string of the molecule is COc1cc(CC(=O)N2CCN(Cc3nnc4n3CCCCC4)CC2)cc(OC)c1OC. The number of aromatic nitrogens is 3. The molecule has 1 fully saturated rings. The number of nitrogens with zero attached hydrogens (tertiary/aromatic N) is 5. The molecule has 2 aliphatic rings. The number of piperazine rings is 1. The number of aryl methyl sites for hydroxylation is 1. The van der Waals surface area contributed by atoms with Gasteiger partial charge in [0, 0.05) is 39.1 Å². The maximum Gasteiger partial charge on any atom is 0.227 e. The normalized spacial score (nSPS) is 16.9. The average molecular weight is 444 g/mol. The highest BCUT2D eigenvalue weighted by Crippen LogP contribution is 2.38. The van der Waals surface area contributed by atoms with Gasteiger partial charge in [-0.2, -0.15) is 0 Å².